The highest BCUT2D eigenvalue weighted by atomic mass is 35.5. The molecule has 4 rings (SSSR count). The van der Waals surface area contributed by atoms with E-state index in [2.05, 4.69) is 10.6 Å². The van der Waals surface area contributed by atoms with E-state index in [0.717, 1.165) is 5.56 Å². The first kappa shape index (κ1) is 21.4. The van der Waals surface area contributed by atoms with Gasteiger partial charge in [0.15, 0.2) is 11.5 Å². The maximum Gasteiger partial charge on any atom is 0.253 e. The third-order valence-electron chi connectivity index (χ3n) is 5.31. The Bertz CT molecular complexity index is 976. The summed E-state index contributed by atoms with van der Waals surface area (Å²) in [6.07, 6.45) is 1.01. The summed E-state index contributed by atoms with van der Waals surface area (Å²) < 4.78 is 10.7. The maximum atomic E-state index is 12.8. The Morgan fingerprint density at radius 2 is 1.87 bits per heavy atom. The van der Waals surface area contributed by atoms with E-state index in [9.17, 15) is 14.7 Å². The van der Waals surface area contributed by atoms with Crippen LogP contribution >= 0.6 is 11.6 Å². The van der Waals surface area contributed by atoms with Crippen LogP contribution in [0.5, 0.6) is 11.5 Å². The number of fused-ring (bicyclic) bond motifs is 1. The van der Waals surface area contributed by atoms with E-state index < -0.39 is 0 Å². The Morgan fingerprint density at radius 3 is 2.68 bits per heavy atom. The zero-order valence-corrected chi connectivity index (χ0v) is 17.7. The Morgan fingerprint density at radius 1 is 1.10 bits per heavy atom. The lowest BCUT2D eigenvalue weighted by molar-refractivity contribution is -0.117. The fraction of sp³-hybridized carbons (Fsp3) is 0.364. The molecule has 0 saturated carbocycles. The zero-order chi connectivity index (χ0) is 21.8. The molecule has 1 saturated heterocycles. The number of carbonyl (C=O) groups excluding carboxylic acids is 2. The lowest BCUT2D eigenvalue weighted by Gasteiger charge is -2.28. The number of carbonyl (C=O) groups is 2. The summed E-state index contributed by atoms with van der Waals surface area (Å²) in [4.78, 5) is 27.3. The smallest absolute Gasteiger partial charge is 0.253 e. The summed E-state index contributed by atoms with van der Waals surface area (Å²) in [5.74, 6) is 0.755. The number of aliphatic hydroxyl groups excluding tert-OH is 1. The van der Waals surface area contributed by atoms with Gasteiger partial charge in [-0.15, -0.1) is 0 Å². The van der Waals surface area contributed by atoms with E-state index in [4.69, 9.17) is 21.1 Å². The quantitative estimate of drug-likeness (QED) is 0.631. The van der Waals surface area contributed by atoms with E-state index in [-0.39, 0.29) is 43.4 Å². The van der Waals surface area contributed by atoms with Crippen LogP contribution in [0.25, 0.3) is 0 Å². The van der Waals surface area contributed by atoms with Crippen molar-refractivity contribution in [2.45, 2.75) is 25.5 Å². The predicted octanol–water partition coefficient (Wildman–Crippen LogP) is 2.39. The molecule has 0 atom stereocenters. The van der Waals surface area contributed by atoms with Crippen molar-refractivity contribution in [3.63, 3.8) is 0 Å². The molecule has 0 spiro atoms. The van der Waals surface area contributed by atoms with Crippen LogP contribution in [0.1, 0.15) is 28.8 Å². The molecule has 0 unspecified atom stereocenters. The van der Waals surface area contributed by atoms with Gasteiger partial charge in [0.1, 0.15) is 0 Å². The van der Waals surface area contributed by atoms with Crippen molar-refractivity contribution in [2.75, 3.05) is 31.7 Å². The van der Waals surface area contributed by atoms with Crippen molar-refractivity contribution in [3.8, 4) is 11.5 Å². The number of anilines is 1. The molecular weight excluding hydrogens is 422 g/mol. The highest BCUT2D eigenvalue weighted by Crippen LogP contribution is 2.32. The van der Waals surface area contributed by atoms with Gasteiger partial charge >= 0.3 is 0 Å². The summed E-state index contributed by atoms with van der Waals surface area (Å²) in [6.45, 7) is 2.00. The van der Waals surface area contributed by atoms with Crippen molar-refractivity contribution >= 4 is 29.1 Å². The number of rotatable bonds is 6. The number of nitrogens with zero attached hydrogens (tertiary/aromatic N) is 1. The summed E-state index contributed by atoms with van der Waals surface area (Å²) in [7, 11) is 0. The molecule has 9 heteroatoms. The number of hydrogen-bond acceptors (Lipinski definition) is 6. The van der Waals surface area contributed by atoms with E-state index in [1.54, 1.807) is 18.2 Å². The van der Waals surface area contributed by atoms with Crippen LogP contribution in [0.3, 0.4) is 0 Å². The number of nitrogens with one attached hydrogen (secondary N) is 2. The second kappa shape index (κ2) is 9.55. The van der Waals surface area contributed by atoms with Gasteiger partial charge < -0.3 is 25.2 Å². The number of amides is 2. The molecule has 1 fully saturated rings. The minimum atomic E-state index is -0.350. The average molecular weight is 446 g/mol. The standard InChI is InChI=1S/C22H24ClN3O5/c23-15-2-3-18(25-21(28)12-26-7-5-16(27)6-8-26)17(10-15)22(29)24-11-14-1-4-19-20(9-14)31-13-30-19/h1-4,9-10,16,27H,5-8,11-13H2,(H,24,29)(H,25,28). The third kappa shape index (κ3) is 5.46. The molecule has 8 nitrogen and oxygen atoms in total. The second-order valence-electron chi connectivity index (χ2n) is 7.62. The van der Waals surface area contributed by atoms with Gasteiger partial charge in [-0.25, -0.2) is 0 Å². The third-order valence-corrected chi connectivity index (χ3v) is 5.55. The number of benzene rings is 2. The molecule has 0 aliphatic carbocycles. The predicted molar refractivity (Wildman–Crippen MR) is 115 cm³/mol. The van der Waals surface area contributed by atoms with Crippen LogP contribution in [0.2, 0.25) is 5.02 Å². The van der Waals surface area contributed by atoms with Gasteiger partial charge in [0.2, 0.25) is 12.7 Å². The maximum absolute atomic E-state index is 12.8. The van der Waals surface area contributed by atoms with Crippen molar-refractivity contribution in [3.05, 3.63) is 52.5 Å². The molecule has 0 bridgehead atoms. The zero-order valence-electron chi connectivity index (χ0n) is 16.9. The highest BCUT2D eigenvalue weighted by Gasteiger charge is 2.21. The van der Waals surface area contributed by atoms with Gasteiger partial charge in [-0.2, -0.15) is 0 Å². The normalized spacial score (nSPS) is 16.2. The molecule has 2 aliphatic heterocycles. The minimum Gasteiger partial charge on any atom is -0.454 e. The summed E-state index contributed by atoms with van der Waals surface area (Å²) >= 11 is 6.09. The van der Waals surface area contributed by atoms with Gasteiger partial charge in [-0.1, -0.05) is 17.7 Å². The van der Waals surface area contributed by atoms with Crippen LogP contribution in [0, 0.1) is 0 Å². The summed E-state index contributed by atoms with van der Waals surface area (Å²) in [5.41, 5.74) is 1.54. The summed E-state index contributed by atoms with van der Waals surface area (Å²) in [5, 5.41) is 15.7. The van der Waals surface area contributed by atoms with Crippen LogP contribution in [0.15, 0.2) is 36.4 Å². The van der Waals surface area contributed by atoms with Crippen LogP contribution in [0.4, 0.5) is 5.69 Å². The van der Waals surface area contributed by atoms with Crippen molar-refractivity contribution in [2.24, 2.45) is 0 Å². The first-order valence-electron chi connectivity index (χ1n) is 10.1. The molecule has 2 heterocycles. The van der Waals surface area contributed by atoms with Gasteiger partial charge in [0.05, 0.1) is 23.9 Å². The monoisotopic (exact) mass is 445 g/mol. The molecule has 31 heavy (non-hydrogen) atoms. The van der Waals surface area contributed by atoms with Crippen molar-refractivity contribution < 1.29 is 24.2 Å². The van der Waals surface area contributed by atoms with E-state index >= 15 is 0 Å². The van der Waals surface area contributed by atoms with Crippen LogP contribution in [-0.4, -0.2) is 54.4 Å². The fourth-order valence-electron chi connectivity index (χ4n) is 3.61. The summed E-state index contributed by atoms with van der Waals surface area (Å²) in [6, 6.07) is 10.2. The lowest BCUT2D eigenvalue weighted by Crippen LogP contribution is -2.40. The Labute approximate surface area is 185 Å². The average Bonchev–Trinajstić information content (AvgIpc) is 3.23. The SMILES string of the molecule is O=C(CN1CCC(O)CC1)Nc1ccc(Cl)cc1C(=O)NCc1ccc2c(c1)OCO2. The number of ether oxygens (including phenoxy) is 2. The molecule has 164 valence electrons. The first-order chi connectivity index (χ1) is 15.0. The van der Waals surface area contributed by atoms with Gasteiger partial charge in [-0.05, 0) is 48.7 Å². The minimum absolute atomic E-state index is 0.189. The number of aliphatic hydroxyl groups is 1. The molecule has 3 N–H and O–H groups in total. The van der Waals surface area contributed by atoms with E-state index in [0.29, 0.717) is 48.1 Å². The van der Waals surface area contributed by atoms with Gasteiger partial charge in [0, 0.05) is 24.7 Å². The first-order valence-corrected chi connectivity index (χ1v) is 10.5. The van der Waals surface area contributed by atoms with E-state index in [1.807, 2.05) is 17.0 Å². The van der Waals surface area contributed by atoms with E-state index in [1.165, 1.54) is 6.07 Å². The number of piperidine rings is 1. The molecule has 2 aliphatic rings. The van der Waals surface area contributed by atoms with Crippen LogP contribution in [-0.2, 0) is 11.3 Å². The van der Waals surface area contributed by atoms with Crippen molar-refractivity contribution in [1.82, 2.24) is 10.2 Å². The number of halogens is 1. The Balaban J connectivity index is 1.38. The molecule has 0 radical (unpaired) electrons. The fourth-order valence-corrected chi connectivity index (χ4v) is 3.78. The Hall–Kier alpha value is -2.81. The molecular formula is C22H24ClN3O5. The Kier molecular flexibility index (Phi) is 6.60. The topological polar surface area (TPSA) is 100 Å². The molecule has 2 aromatic carbocycles. The second-order valence-corrected chi connectivity index (χ2v) is 8.05. The highest BCUT2D eigenvalue weighted by molar-refractivity contribution is 6.31. The van der Waals surface area contributed by atoms with Crippen molar-refractivity contribution in [1.29, 1.82) is 0 Å². The molecule has 2 aromatic rings. The van der Waals surface area contributed by atoms with Gasteiger partial charge in [0.25, 0.3) is 5.91 Å². The number of hydrogen-bond donors (Lipinski definition) is 3. The molecule has 2 amide bonds. The lowest BCUT2D eigenvalue weighted by atomic mass is 10.1. The number of likely N-dealkylation sites (tertiary alicyclic amines) is 1. The molecule has 0 aromatic heterocycles. The largest absolute Gasteiger partial charge is 0.454 e. The van der Waals surface area contributed by atoms with Crippen LogP contribution < -0.4 is 20.1 Å². The van der Waals surface area contributed by atoms with Gasteiger partial charge in [-0.3, -0.25) is 14.5 Å².